The van der Waals surface area contributed by atoms with Crippen molar-refractivity contribution in [3.63, 3.8) is 0 Å². The van der Waals surface area contributed by atoms with Crippen molar-refractivity contribution in [1.29, 1.82) is 0 Å². The van der Waals surface area contributed by atoms with Crippen molar-refractivity contribution < 1.29 is 90.1 Å². The molecule has 0 fully saturated rings. The third-order valence-corrected chi connectivity index (χ3v) is 13.0. The van der Waals surface area contributed by atoms with Crippen LogP contribution in [0.4, 0.5) is 17.1 Å². The van der Waals surface area contributed by atoms with Crippen LogP contribution in [0.3, 0.4) is 0 Å². The van der Waals surface area contributed by atoms with Gasteiger partial charge in [0.25, 0.3) is 0 Å². The molecule has 0 saturated heterocycles. The van der Waals surface area contributed by atoms with E-state index in [9.17, 15) is 19.8 Å². The standard InChI is InChI=1S/C48H52N4O8.K/c1-30-10-12-38-40(24-30)58-22-23-59-41-27-31(11-13-39(41)52(29-43(55)56)19-21-57-20-18-51(38)28-42(53)54)44-36-25-32-6-2-14-49-16-4-8-34(45(32)49)47(36)60-48-35-9-5-17-50-15-3-7-33(46(35)50)26-37(44)48;/h10-13,24-27H,2-9,14-23,28-29H2,1H3,(H-,53,54,55,56);/q;+1/p-1. The first-order valence-corrected chi connectivity index (χ1v) is 21.7. The Morgan fingerprint density at radius 3 is 2.05 bits per heavy atom. The van der Waals surface area contributed by atoms with E-state index in [-0.39, 0.29) is 104 Å². The Labute approximate surface area is 398 Å². The van der Waals surface area contributed by atoms with Crippen LogP contribution in [0.2, 0.25) is 0 Å². The number of fused-ring (bicyclic) bond motifs is 6. The Kier molecular flexibility index (Phi) is 12.4. The van der Waals surface area contributed by atoms with E-state index in [2.05, 4.69) is 33.7 Å². The van der Waals surface area contributed by atoms with Gasteiger partial charge in [-0.25, -0.2) is 4.58 Å². The van der Waals surface area contributed by atoms with Gasteiger partial charge < -0.3 is 53.4 Å². The number of carbonyl (C=O) groups is 2. The number of carboxylic acid groups (broad SMARTS) is 2. The van der Waals surface area contributed by atoms with Crippen molar-refractivity contribution in [2.45, 2.75) is 58.3 Å². The number of carbonyl (C=O) groups excluding carboxylic acids is 2. The molecule has 312 valence electrons. The first-order valence-electron chi connectivity index (χ1n) is 21.7. The van der Waals surface area contributed by atoms with Crippen molar-refractivity contribution in [2.75, 3.05) is 93.5 Å². The van der Waals surface area contributed by atoms with Crippen LogP contribution in [-0.2, 0) is 40.0 Å². The molecular formula is C48H51KN4O8. The SMILES string of the molecule is Cc1ccc2c(c1)OCCOc1cc(C3=c4cc5c6c(c4Oc4c3cc3c7c4CCCN7CCC3)CCC[N+]=6CCC5)ccc1N(CC(=O)[O-])CCOCCN2CC(=O)[O-].[K+]. The quantitative estimate of drug-likeness (QED) is 0.160. The van der Waals surface area contributed by atoms with Crippen molar-refractivity contribution in [3.05, 3.63) is 98.1 Å². The fourth-order valence-electron chi connectivity index (χ4n) is 10.5. The van der Waals surface area contributed by atoms with Gasteiger partial charge in [0.2, 0.25) is 5.36 Å². The van der Waals surface area contributed by atoms with E-state index in [4.69, 9.17) is 18.9 Å². The van der Waals surface area contributed by atoms with Crippen molar-refractivity contribution in [2.24, 2.45) is 0 Å². The van der Waals surface area contributed by atoms with Crippen LogP contribution in [0.15, 0.2) is 48.5 Å². The van der Waals surface area contributed by atoms with Crippen LogP contribution in [0.1, 0.15) is 64.6 Å². The van der Waals surface area contributed by atoms with Crippen LogP contribution < -0.4 is 106 Å². The average molecular weight is 851 g/mol. The minimum Gasteiger partial charge on any atom is -0.548 e. The molecule has 6 aliphatic heterocycles. The number of hydrogen-bond acceptors (Lipinski definition) is 11. The first-order chi connectivity index (χ1) is 29.3. The summed E-state index contributed by atoms with van der Waals surface area (Å²) in [7, 11) is 0. The van der Waals surface area contributed by atoms with Crippen LogP contribution in [0.25, 0.3) is 5.57 Å². The number of carboxylic acids is 2. The second-order valence-electron chi connectivity index (χ2n) is 16.9. The normalized spacial score (nSPS) is 18.1. The molecule has 12 nitrogen and oxygen atoms in total. The van der Waals surface area contributed by atoms with Gasteiger partial charge >= 0.3 is 51.4 Å². The summed E-state index contributed by atoms with van der Waals surface area (Å²) in [6.45, 7) is 6.73. The summed E-state index contributed by atoms with van der Waals surface area (Å²) >= 11 is 0. The zero-order valence-electron chi connectivity index (χ0n) is 35.3. The molecule has 0 bridgehead atoms. The second kappa shape index (κ2) is 17.9. The smallest absolute Gasteiger partial charge is 0.548 e. The van der Waals surface area contributed by atoms with E-state index < -0.39 is 11.9 Å². The van der Waals surface area contributed by atoms with Gasteiger partial charge in [-0.2, -0.15) is 0 Å². The summed E-state index contributed by atoms with van der Waals surface area (Å²) < 4.78 is 28.8. The van der Waals surface area contributed by atoms with E-state index in [1.54, 1.807) is 9.80 Å². The molecule has 13 heteroatoms. The molecule has 0 saturated carbocycles. The molecule has 0 N–H and O–H groups in total. The molecule has 0 atom stereocenters. The largest absolute Gasteiger partial charge is 1.00 e. The molecule has 0 amide bonds. The molecule has 0 radical (unpaired) electrons. The third kappa shape index (κ3) is 8.18. The molecule has 0 unspecified atom stereocenters. The maximum absolute atomic E-state index is 12.2. The predicted molar refractivity (Wildman–Crippen MR) is 224 cm³/mol. The monoisotopic (exact) mass is 850 g/mol. The average Bonchev–Trinajstić information content (AvgIpc) is 3.24. The fraction of sp³-hybridized carbons (Fsp3) is 0.438. The number of nitrogens with zero attached hydrogens (tertiary/aromatic N) is 4. The Bertz CT molecular complexity index is 2540. The molecule has 0 spiro atoms. The van der Waals surface area contributed by atoms with Gasteiger partial charge in [-0.3, -0.25) is 0 Å². The summed E-state index contributed by atoms with van der Waals surface area (Å²) in [5.41, 5.74) is 12.1. The summed E-state index contributed by atoms with van der Waals surface area (Å²) in [5, 5.41) is 26.5. The molecule has 4 aromatic carbocycles. The third-order valence-electron chi connectivity index (χ3n) is 13.0. The molecule has 6 aliphatic rings. The Morgan fingerprint density at radius 2 is 1.33 bits per heavy atom. The summed E-state index contributed by atoms with van der Waals surface area (Å²) in [6.07, 6.45) is 8.41. The summed E-state index contributed by atoms with van der Waals surface area (Å²) in [6, 6.07) is 16.5. The maximum atomic E-state index is 12.2. The molecular weight excluding hydrogens is 800 g/mol. The predicted octanol–water partition coefficient (Wildman–Crippen LogP) is -0.965. The molecule has 0 aliphatic carbocycles. The minimum atomic E-state index is -1.22. The van der Waals surface area contributed by atoms with Crippen molar-refractivity contribution >= 4 is 34.6 Å². The molecule has 0 aromatic heterocycles. The van der Waals surface area contributed by atoms with Crippen LogP contribution in [0, 0.1) is 6.92 Å². The van der Waals surface area contributed by atoms with Crippen molar-refractivity contribution in [1.82, 2.24) is 4.58 Å². The zero-order chi connectivity index (χ0) is 40.9. The van der Waals surface area contributed by atoms with E-state index in [1.165, 1.54) is 33.3 Å². The topological polar surface area (TPSA) is 130 Å². The summed E-state index contributed by atoms with van der Waals surface area (Å²) in [4.78, 5) is 30.0. The van der Waals surface area contributed by atoms with Gasteiger partial charge in [0.15, 0.2) is 0 Å². The van der Waals surface area contributed by atoms with E-state index in [1.807, 2.05) is 31.2 Å². The molecule has 10 rings (SSSR count). The number of anilines is 3. The summed E-state index contributed by atoms with van der Waals surface area (Å²) in [5.74, 6) is 0.548. The Morgan fingerprint density at radius 1 is 0.689 bits per heavy atom. The van der Waals surface area contributed by atoms with Gasteiger partial charge in [0.05, 0.1) is 55.2 Å². The van der Waals surface area contributed by atoms with Crippen LogP contribution in [-0.4, -0.2) is 90.7 Å². The number of rotatable bonds is 5. The van der Waals surface area contributed by atoms with Crippen molar-refractivity contribution in [3.8, 4) is 23.0 Å². The van der Waals surface area contributed by atoms with Gasteiger partial charge in [-0.15, -0.1) is 0 Å². The number of aryl methyl sites for hydroxylation is 3. The molecule has 6 heterocycles. The number of aliphatic carboxylic acids is 2. The van der Waals surface area contributed by atoms with E-state index in [0.717, 1.165) is 117 Å². The second-order valence-corrected chi connectivity index (χ2v) is 16.9. The Balaban J connectivity index is 0.00000476. The maximum Gasteiger partial charge on any atom is 1.00 e. The zero-order valence-corrected chi connectivity index (χ0v) is 38.4. The number of ether oxygens (including phenoxy) is 4. The van der Waals surface area contributed by atoms with Gasteiger partial charge in [-0.05, 0) is 98.5 Å². The van der Waals surface area contributed by atoms with E-state index in [0.29, 0.717) is 22.9 Å². The Hall–Kier alpha value is -4.11. The number of hydrogen-bond donors (Lipinski definition) is 0. The van der Waals surface area contributed by atoms with Gasteiger partial charge in [0, 0.05) is 72.2 Å². The van der Waals surface area contributed by atoms with Gasteiger partial charge in [-0.1, -0.05) is 12.1 Å². The van der Waals surface area contributed by atoms with Crippen LogP contribution in [0.5, 0.6) is 23.0 Å². The fourth-order valence-corrected chi connectivity index (χ4v) is 10.5. The van der Waals surface area contributed by atoms with Gasteiger partial charge in [0.1, 0.15) is 49.3 Å². The molecule has 61 heavy (non-hydrogen) atoms. The number of benzene rings is 4. The van der Waals surface area contributed by atoms with Crippen LogP contribution >= 0.6 is 0 Å². The molecule has 4 aromatic rings. The first kappa shape index (κ1) is 42.2. The minimum absolute atomic E-state index is 0. The van der Waals surface area contributed by atoms with E-state index >= 15 is 0 Å².